The predicted octanol–water partition coefficient (Wildman–Crippen LogP) is 5.35. The highest BCUT2D eigenvalue weighted by atomic mass is 14.3. The molecule has 0 aromatic carbocycles. The SMILES string of the molecule is CC1(C)CCCCC/C1=C\C#CC1=CCC=CC=C1. The maximum Gasteiger partial charge on any atom is 0.0212 e. The normalized spacial score (nSPS) is 24.1. The lowest BCUT2D eigenvalue weighted by molar-refractivity contribution is 0.403. The fraction of sp³-hybridized carbons (Fsp3) is 0.474. The quantitative estimate of drug-likeness (QED) is 0.403. The van der Waals surface area contributed by atoms with Crippen molar-refractivity contribution in [2.75, 3.05) is 0 Å². The topological polar surface area (TPSA) is 0 Å². The molecule has 0 unspecified atom stereocenters. The van der Waals surface area contributed by atoms with E-state index < -0.39 is 0 Å². The molecule has 0 aromatic heterocycles. The Morgan fingerprint density at radius 1 is 1.16 bits per heavy atom. The van der Waals surface area contributed by atoms with Crippen LogP contribution in [0.15, 0.2) is 47.6 Å². The summed E-state index contributed by atoms with van der Waals surface area (Å²) in [5.74, 6) is 6.55. The van der Waals surface area contributed by atoms with Gasteiger partial charge in [0.25, 0.3) is 0 Å². The second-order valence-corrected chi connectivity index (χ2v) is 6.07. The molecule has 1 saturated carbocycles. The Balaban J connectivity index is 2.11. The molecule has 0 heteroatoms. The third-order valence-electron chi connectivity index (χ3n) is 4.08. The summed E-state index contributed by atoms with van der Waals surface area (Å²) < 4.78 is 0. The summed E-state index contributed by atoms with van der Waals surface area (Å²) in [6.45, 7) is 4.72. The predicted molar refractivity (Wildman–Crippen MR) is 83.7 cm³/mol. The lowest BCUT2D eigenvalue weighted by Gasteiger charge is -2.25. The molecule has 0 atom stereocenters. The van der Waals surface area contributed by atoms with Crippen LogP contribution in [-0.2, 0) is 0 Å². The summed E-state index contributed by atoms with van der Waals surface area (Å²) in [7, 11) is 0. The highest BCUT2D eigenvalue weighted by Crippen LogP contribution is 2.38. The smallest absolute Gasteiger partial charge is 0.0212 e. The first-order chi connectivity index (χ1) is 9.18. The van der Waals surface area contributed by atoms with E-state index in [-0.39, 0.29) is 0 Å². The minimum Gasteiger partial charge on any atom is -0.0807 e. The molecule has 0 saturated heterocycles. The molecule has 2 rings (SSSR count). The Hall–Kier alpha value is -1.48. The van der Waals surface area contributed by atoms with Gasteiger partial charge in [-0.05, 0) is 43.3 Å². The van der Waals surface area contributed by atoms with Crippen LogP contribution in [0.25, 0.3) is 0 Å². The largest absolute Gasteiger partial charge is 0.0807 e. The molecule has 0 amide bonds. The molecule has 0 N–H and O–H groups in total. The maximum absolute atomic E-state index is 3.28. The molecule has 1 fully saturated rings. The van der Waals surface area contributed by atoms with Crippen LogP contribution in [0.3, 0.4) is 0 Å². The van der Waals surface area contributed by atoms with E-state index in [9.17, 15) is 0 Å². The average molecular weight is 252 g/mol. The van der Waals surface area contributed by atoms with Gasteiger partial charge in [-0.1, -0.05) is 68.4 Å². The van der Waals surface area contributed by atoms with Crippen LogP contribution in [0.1, 0.15) is 52.4 Å². The summed E-state index contributed by atoms with van der Waals surface area (Å²) in [6.07, 6.45) is 20.3. The van der Waals surface area contributed by atoms with E-state index in [1.54, 1.807) is 0 Å². The van der Waals surface area contributed by atoms with Gasteiger partial charge in [-0.2, -0.15) is 0 Å². The fourth-order valence-corrected chi connectivity index (χ4v) is 2.70. The van der Waals surface area contributed by atoms with Gasteiger partial charge in [0.05, 0.1) is 0 Å². The van der Waals surface area contributed by atoms with Gasteiger partial charge in [-0.3, -0.25) is 0 Å². The Bertz CT molecular complexity index is 484. The van der Waals surface area contributed by atoms with Crippen LogP contribution in [-0.4, -0.2) is 0 Å². The molecule has 100 valence electrons. The molecule has 2 aliphatic carbocycles. The Kier molecular flexibility index (Phi) is 4.86. The molecule has 0 spiro atoms. The Labute approximate surface area is 118 Å². The van der Waals surface area contributed by atoms with Gasteiger partial charge in [0, 0.05) is 5.57 Å². The zero-order chi connectivity index (χ0) is 13.6. The van der Waals surface area contributed by atoms with Gasteiger partial charge < -0.3 is 0 Å². The van der Waals surface area contributed by atoms with E-state index in [4.69, 9.17) is 0 Å². The van der Waals surface area contributed by atoms with Gasteiger partial charge in [-0.15, -0.1) is 0 Å². The summed E-state index contributed by atoms with van der Waals surface area (Å²) in [4.78, 5) is 0. The van der Waals surface area contributed by atoms with Crippen molar-refractivity contribution < 1.29 is 0 Å². The lowest BCUT2D eigenvalue weighted by Crippen LogP contribution is -2.12. The van der Waals surface area contributed by atoms with Gasteiger partial charge >= 0.3 is 0 Å². The molecular formula is C19H24. The number of hydrogen-bond acceptors (Lipinski definition) is 0. The summed E-state index contributed by atoms with van der Waals surface area (Å²) in [5.41, 5.74) is 3.00. The minimum absolute atomic E-state index is 0.334. The van der Waals surface area contributed by atoms with Crippen LogP contribution >= 0.6 is 0 Å². The molecule has 0 nitrogen and oxygen atoms in total. The summed E-state index contributed by atoms with van der Waals surface area (Å²) in [6, 6.07) is 0. The number of allylic oxidation sites excluding steroid dienone is 8. The lowest BCUT2D eigenvalue weighted by atomic mass is 9.80. The van der Waals surface area contributed by atoms with Crippen LogP contribution in [0.5, 0.6) is 0 Å². The molecule has 2 aliphatic rings. The second kappa shape index (κ2) is 6.62. The maximum atomic E-state index is 3.28. The van der Waals surface area contributed by atoms with Gasteiger partial charge in [-0.25, -0.2) is 0 Å². The van der Waals surface area contributed by atoms with Crippen LogP contribution in [0.4, 0.5) is 0 Å². The van der Waals surface area contributed by atoms with Gasteiger partial charge in [0.15, 0.2) is 0 Å². The standard InChI is InChI=1S/C19H24/c1-19(2)16-9-5-8-14-18(19)15-10-13-17-11-6-3-4-7-12-17/h3-4,6,11-12,15H,5,7-9,14,16H2,1-2H3/b18-15+. The minimum atomic E-state index is 0.334. The van der Waals surface area contributed by atoms with E-state index in [0.29, 0.717) is 5.41 Å². The molecular weight excluding hydrogens is 228 g/mol. The van der Waals surface area contributed by atoms with E-state index in [0.717, 1.165) is 12.0 Å². The molecule has 0 aromatic rings. The molecule has 0 bridgehead atoms. The van der Waals surface area contributed by atoms with Gasteiger partial charge in [0.1, 0.15) is 0 Å². The van der Waals surface area contributed by atoms with Crippen molar-refractivity contribution in [1.29, 1.82) is 0 Å². The van der Waals surface area contributed by atoms with Crippen LogP contribution < -0.4 is 0 Å². The van der Waals surface area contributed by atoms with E-state index in [1.807, 2.05) is 0 Å². The third kappa shape index (κ3) is 4.28. The first kappa shape index (κ1) is 13.9. The van der Waals surface area contributed by atoms with Crippen molar-refractivity contribution in [3.8, 4) is 11.8 Å². The first-order valence-electron chi connectivity index (χ1n) is 7.43. The van der Waals surface area contributed by atoms with Crippen molar-refractivity contribution in [3.63, 3.8) is 0 Å². The summed E-state index contributed by atoms with van der Waals surface area (Å²) in [5, 5.41) is 0. The highest BCUT2D eigenvalue weighted by molar-refractivity contribution is 5.43. The van der Waals surface area contributed by atoms with E-state index in [1.165, 1.54) is 37.7 Å². The Morgan fingerprint density at radius 2 is 2.05 bits per heavy atom. The highest BCUT2D eigenvalue weighted by Gasteiger charge is 2.24. The van der Waals surface area contributed by atoms with E-state index in [2.05, 4.69) is 62.1 Å². The van der Waals surface area contributed by atoms with Crippen molar-refractivity contribution in [3.05, 3.63) is 47.6 Å². The monoisotopic (exact) mass is 252 g/mol. The zero-order valence-corrected chi connectivity index (χ0v) is 12.2. The molecule has 0 radical (unpaired) electrons. The Morgan fingerprint density at radius 3 is 2.95 bits per heavy atom. The fourth-order valence-electron chi connectivity index (χ4n) is 2.70. The van der Waals surface area contributed by atoms with Gasteiger partial charge in [0.2, 0.25) is 0 Å². The molecule has 0 aliphatic heterocycles. The van der Waals surface area contributed by atoms with Crippen molar-refractivity contribution >= 4 is 0 Å². The molecule has 19 heavy (non-hydrogen) atoms. The van der Waals surface area contributed by atoms with Crippen LogP contribution in [0, 0.1) is 17.3 Å². The third-order valence-corrected chi connectivity index (χ3v) is 4.08. The second-order valence-electron chi connectivity index (χ2n) is 6.07. The molecule has 0 heterocycles. The summed E-state index contributed by atoms with van der Waals surface area (Å²) >= 11 is 0. The van der Waals surface area contributed by atoms with E-state index >= 15 is 0 Å². The first-order valence-corrected chi connectivity index (χ1v) is 7.43. The van der Waals surface area contributed by atoms with Crippen molar-refractivity contribution in [2.24, 2.45) is 5.41 Å². The van der Waals surface area contributed by atoms with Crippen molar-refractivity contribution in [1.82, 2.24) is 0 Å². The number of hydrogen-bond donors (Lipinski definition) is 0. The average Bonchev–Trinajstić information content (AvgIpc) is 2.71. The van der Waals surface area contributed by atoms with Crippen molar-refractivity contribution in [2.45, 2.75) is 52.4 Å². The zero-order valence-electron chi connectivity index (χ0n) is 12.2. The number of rotatable bonds is 0. The van der Waals surface area contributed by atoms with Crippen LogP contribution in [0.2, 0.25) is 0 Å².